The Morgan fingerprint density at radius 3 is 2.68 bits per heavy atom. The minimum Gasteiger partial charge on any atom is -0.376 e. The quantitative estimate of drug-likeness (QED) is 0.627. The van der Waals surface area contributed by atoms with Crippen molar-refractivity contribution in [3.8, 4) is 0 Å². The standard InChI is InChI=1S/C25H31N3O5S/c1-17-10-11-18(2)23(14-17)34(31,32)27-20-7-3-6-19(15-20)25(30)28-12-4-9-22(28)24(29)26-16-21-8-5-13-33-21/h3,6-7,10-11,14-15,21-22,27H,4-5,8-9,12-13,16H2,1-2H3,(H,26,29). The van der Waals surface area contributed by atoms with Crippen molar-refractivity contribution in [1.82, 2.24) is 10.2 Å². The Hall–Kier alpha value is -2.91. The van der Waals surface area contributed by atoms with Crippen LogP contribution in [0.3, 0.4) is 0 Å². The highest BCUT2D eigenvalue weighted by Crippen LogP contribution is 2.24. The first-order valence-electron chi connectivity index (χ1n) is 11.6. The largest absolute Gasteiger partial charge is 0.376 e. The van der Waals surface area contributed by atoms with Crippen molar-refractivity contribution in [2.45, 2.75) is 56.6 Å². The molecule has 2 saturated heterocycles. The molecule has 2 unspecified atom stereocenters. The molecule has 8 nitrogen and oxygen atoms in total. The molecule has 0 saturated carbocycles. The summed E-state index contributed by atoms with van der Waals surface area (Å²) in [4.78, 5) is 27.8. The predicted molar refractivity (Wildman–Crippen MR) is 129 cm³/mol. The number of carbonyl (C=O) groups is 2. The maximum absolute atomic E-state index is 13.3. The van der Waals surface area contributed by atoms with Gasteiger partial charge in [0.2, 0.25) is 5.91 Å². The molecule has 9 heteroatoms. The second-order valence-corrected chi connectivity index (χ2v) is 10.6. The Bertz CT molecular complexity index is 1170. The molecule has 2 fully saturated rings. The summed E-state index contributed by atoms with van der Waals surface area (Å²) in [6.07, 6.45) is 3.30. The summed E-state index contributed by atoms with van der Waals surface area (Å²) in [6, 6.07) is 11.1. The van der Waals surface area contributed by atoms with Crippen molar-refractivity contribution < 1.29 is 22.7 Å². The molecule has 0 aromatic heterocycles. The molecule has 2 heterocycles. The third-order valence-electron chi connectivity index (χ3n) is 6.34. The van der Waals surface area contributed by atoms with E-state index in [1.54, 1.807) is 42.2 Å². The zero-order valence-corrected chi connectivity index (χ0v) is 20.4. The van der Waals surface area contributed by atoms with Crippen LogP contribution in [0.25, 0.3) is 0 Å². The van der Waals surface area contributed by atoms with Crippen LogP contribution in [0, 0.1) is 13.8 Å². The average Bonchev–Trinajstić information content (AvgIpc) is 3.50. The minimum absolute atomic E-state index is 0.0382. The van der Waals surface area contributed by atoms with Gasteiger partial charge in [0.15, 0.2) is 0 Å². The molecule has 182 valence electrons. The number of nitrogens with zero attached hydrogens (tertiary/aromatic N) is 1. The number of carbonyl (C=O) groups excluding carboxylic acids is 2. The number of benzene rings is 2. The summed E-state index contributed by atoms with van der Waals surface area (Å²) in [7, 11) is -3.82. The molecular weight excluding hydrogens is 454 g/mol. The fraction of sp³-hybridized carbons (Fsp3) is 0.440. The highest BCUT2D eigenvalue weighted by atomic mass is 32.2. The number of rotatable bonds is 7. The first-order chi connectivity index (χ1) is 16.2. The normalized spacial score (nSPS) is 20.4. The van der Waals surface area contributed by atoms with Crippen molar-refractivity contribution >= 4 is 27.5 Å². The lowest BCUT2D eigenvalue weighted by molar-refractivity contribution is -0.125. The number of hydrogen-bond acceptors (Lipinski definition) is 5. The van der Waals surface area contributed by atoms with Crippen molar-refractivity contribution in [2.75, 3.05) is 24.4 Å². The fourth-order valence-electron chi connectivity index (χ4n) is 4.51. The molecule has 2 N–H and O–H groups in total. The van der Waals surface area contributed by atoms with E-state index >= 15 is 0 Å². The van der Waals surface area contributed by atoms with E-state index in [4.69, 9.17) is 4.74 Å². The van der Waals surface area contributed by atoms with Gasteiger partial charge in [-0.25, -0.2) is 8.42 Å². The number of amides is 2. The number of hydrogen-bond donors (Lipinski definition) is 2. The van der Waals surface area contributed by atoms with Gasteiger partial charge in [0.1, 0.15) is 6.04 Å². The lowest BCUT2D eigenvalue weighted by Crippen LogP contribution is -2.47. The molecule has 0 bridgehead atoms. The first kappa shape index (κ1) is 24.2. The molecule has 2 aliphatic rings. The van der Waals surface area contributed by atoms with Gasteiger partial charge in [-0.05, 0) is 74.9 Å². The molecule has 0 aliphatic carbocycles. The third-order valence-corrected chi connectivity index (χ3v) is 7.86. The molecule has 2 atom stereocenters. The number of nitrogens with one attached hydrogen (secondary N) is 2. The van der Waals surface area contributed by atoms with E-state index in [1.807, 2.05) is 13.0 Å². The summed E-state index contributed by atoms with van der Waals surface area (Å²) in [5.74, 6) is -0.462. The van der Waals surface area contributed by atoms with Crippen LogP contribution in [0.2, 0.25) is 0 Å². The lowest BCUT2D eigenvalue weighted by Gasteiger charge is -2.25. The van der Waals surface area contributed by atoms with Gasteiger partial charge in [-0.2, -0.15) is 0 Å². The predicted octanol–water partition coefficient (Wildman–Crippen LogP) is 3.00. The van der Waals surface area contributed by atoms with Crippen molar-refractivity contribution in [3.05, 3.63) is 59.2 Å². The zero-order valence-electron chi connectivity index (χ0n) is 19.5. The number of anilines is 1. The smallest absolute Gasteiger partial charge is 0.262 e. The number of ether oxygens (including phenoxy) is 1. The van der Waals surface area contributed by atoms with E-state index in [0.717, 1.165) is 31.4 Å². The van der Waals surface area contributed by atoms with E-state index in [1.165, 1.54) is 6.07 Å². The highest BCUT2D eigenvalue weighted by Gasteiger charge is 2.35. The second kappa shape index (κ2) is 10.1. The molecule has 2 aromatic rings. The Morgan fingerprint density at radius 2 is 1.91 bits per heavy atom. The molecule has 2 aromatic carbocycles. The van der Waals surface area contributed by atoms with Gasteiger partial charge in [0, 0.05) is 30.9 Å². The van der Waals surface area contributed by atoms with E-state index in [2.05, 4.69) is 10.0 Å². The van der Waals surface area contributed by atoms with Crippen LogP contribution in [0.4, 0.5) is 5.69 Å². The zero-order chi connectivity index (χ0) is 24.3. The summed E-state index contributed by atoms with van der Waals surface area (Å²) < 4.78 is 34.1. The van der Waals surface area contributed by atoms with Crippen molar-refractivity contribution in [1.29, 1.82) is 0 Å². The monoisotopic (exact) mass is 485 g/mol. The fourth-order valence-corrected chi connectivity index (χ4v) is 5.89. The summed E-state index contributed by atoms with van der Waals surface area (Å²) in [6.45, 7) is 5.23. The molecule has 2 aliphatic heterocycles. The Kier molecular flexibility index (Phi) is 7.23. The number of sulfonamides is 1. The van der Waals surface area contributed by atoms with Crippen molar-refractivity contribution in [3.63, 3.8) is 0 Å². The van der Waals surface area contributed by atoms with Crippen LogP contribution in [-0.4, -0.2) is 57.0 Å². The lowest BCUT2D eigenvalue weighted by atomic mass is 10.1. The molecule has 0 radical (unpaired) electrons. The van der Waals surface area contributed by atoms with E-state index in [9.17, 15) is 18.0 Å². The maximum Gasteiger partial charge on any atom is 0.262 e. The van der Waals surface area contributed by atoms with E-state index in [-0.39, 0.29) is 22.8 Å². The summed E-state index contributed by atoms with van der Waals surface area (Å²) >= 11 is 0. The molecule has 0 spiro atoms. The first-order valence-corrected chi connectivity index (χ1v) is 13.1. The van der Waals surface area contributed by atoms with Gasteiger partial charge in [0.25, 0.3) is 15.9 Å². The highest BCUT2D eigenvalue weighted by molar-refractivity contribution is 7.92. The molecule has 2 amide bonds. The summed E-state index contributed by atoms with van der Waals surface area (Å²) in [5, 5.41) is 2.92. The van der Waals surface area contributed by atoms with Gasteiger partial charge in [-0.3, -0.25) is 14.3 Å². The Morgan fingerprint density at radius 1 is 1.09 bits per heavy atom. The second-order valence-electron chi connectivity index (χ2n) is 8.99. The van der Waals surface area contributed by atoms with Crippen LogP contribution in [0.15, 0.2) is 47.4 Å². The molecule has 34 heavy (non-hydrogen) atoms. The van der Waals surface area contributed by atoms with Gasteiger partial charge < -0.3 is 15.0 Å². The van der Waals surface area contributed by atoms with Gasteiger partial charge >= 0.3 is 0 Å². The average molecular weight is 486 g/mol. The van der Waals surface area contributed by atoms with E-state index < -0.39 is 16.1 Å². The van der Waals surface area contributed by atoms with Crippen LogP contribution in [0.1, 0.15) is 47.2 Å². The molecular formula is C25H31N3O5S. The van der Waals surface area contributed by atoms with Gasteiger partial charge in [-0.1, -0.05) is 18.2 Å². The van der Waals surface area contributed by atoms with Crippen LogP contribution >= 0.6 is 0 Å². The van der Waals surface area contributed by atoms with Crippen molar-refractivity contribution in [2.24, 2.45) is 0 Å². The number of aryl methyl sites for hydroxylation is 2. The maximum atomic E-state index is 13.3. The number of likely N-dealkylation sites (tertiary alicyclic amines) is 1. The minimum atomic E-state index is -3.82. The SMILES string of the molecule is Cc1ccc(C)c(S(=O)(=O)Nc2cccc(C(=O)N3CCCC3C(=O)NCC3CCCO3)c2)c1. The van der Waals surface area contributed by atoms with Gasteiger partial charge in [0.05, 0.1) is 11.0 Å². The Labute approximate surface area is 200 Å². The van der Waals surface area contributed by atoms with Crippen LogP contribution in [-0.2, 0) is 19.6 Å². The van der Waals surface area contributed by atoms with Crippen LogP contribution in [0.5, 0.6) is 0 Å². The Balaban J connectivity index is 1.46. The third kappa shape index (κ3) is 5.42. The summed E-state index contributed by atoms with van der Waals surface area (Å²) in [5.41, 5.74) is 2.11. The molecule has 4 rings (SSSR count). The van der Waals surface area contributed by atoms with E-state index in [0.29, 0.717) is 36.3 Å². The van der Waals surface area contributed by atoms with Crippen LogP contribution < -0.4 is 10.0 Å². The van der Waals surface area contributed by atoms with Gasteiger partial charge in [-0.15, -0.1) is 0 Å². The topological polar surface area (TPSA) is 105 Å².